The van der Waals surface area contributed by atoms with Gasteiger partial charge in [0.2, 0.25) is 11.8 Å². The lowest BCUT2D eigenvalue weighted by atomic mass is 10.0. The van der Waals surface area contributed by atoms with Crippen LogP contribution in [0.3, 0.4) is 0 Å². The van der Waals surface area contributed by atoms with E-state index in [1.807, 2.05) is 44.2 Å². The molecular formula is C34H34Cl3N3O4S. The van der Waals surface area contributed by atoms with Crippen molar-refractivity contribution in [2.75, 3.05) is 10.8 Å². The van der Waals surface area contributed by atoms with E-state index in [-0.39, 0.29) is 45.5 Å². The maximum absolute atomic E-state index is 14.5. The molecule has 0 aromatic heterocycles. The summed E-state index contributed by atoms with van der Waals surface area (Å²) < 4.78 is 29.1. The molecule has 0 aliphatic carbocycles. The van der Waals surface area contributed by atoms with Crippen LogP contribution in [-0.2, 0) is 32.6 Å². The van der Waals surface area contributed by atoms with E-state index in [2.05, 4.69) is 5.32 Å². The Balaban J connectivity index is 1.82. The Bertz CT molecular complexity index is 1720. The third-order valence-electron chi connectivity index (χ3n) is 7.32. The fourth-order valence-corrected chi connectivity index (χ4v) is 6.65. The second kappa shape index (κ2) is 15.6. The Morgan fingerprint density at radius 1 is 0.800 bits per heavy atom. The highest BCUT2D eigenvalue weighted by Crippen LogP contribution is 2.31. The predicted octanol–water partition coefficient (Wildman–Crippen LogP) is 7.40. The van der Waals surface area contributed by atoms with Crippen LogP contribution in [0.15, 0.2) is 108 Å². The quantitative estimate of drug-likeness (QED) is 0.159. The van der Waals surface area contributed by atoms with Crippen molar-refractivity contribution in [1.29, 1.82) is 0 Å². The van der Waals surface area contributed by atoms with Crippen molar-refractivity contribution in [3.63, 3.8) is 0 Å². The average molecular weight is 687 g/mol. The van der Waals surface area contributed by atoms with Crippen molar-refractivity contribution in [2.24, 2.45) is 0 Å². The summed E-state index contributed by atoms with van der Waals surface area (Å²) in [5.41, 5.74) is 1.66. The van der Waals surface area contributed by atoms with Crippen LogP contribution < -0.4 is 9.62 Å². The van der Waals surface area contributed by atoms with E-state index in [4.69, 9.17) is 34.8 Å². The lowest BCUT2D eigenvalue weighted by Crippen LogP contribution is -2.54. The van der Waals surface area contributed by atoms with Crippen LogP contribution >= 0.6 is 34.8 Å². The minimum atomic E-state index is -4.26. The molecule has 2 amide bonds. The number of nitrogens with one attached hydrogen (secondary N) is 1. The molecule has 4 aromatic carbocycles. The van der Waals surface area contributed by atoms with Gasteiger partial charge in [-0.25, -0.2) is 8.42 Å². The largest absolute Gasteiger partial charge is 0.352 e. The Morgan fingerprint density at radius 3 is 2.07 bits per heavy atom. The number of carbonyl (C=O) groups is 2. The smallest absolute Gasteiger partial charge is 0.264 e. The zero-order valence-corrected chi connectivity index (χ0v) is 28.0. The van der Waals surface area contributed by atoms with Gasteiger partial charge >= 0.3 is 0 Å². The molecule has 0 saturated carbocycles. The third-order valence-corrected chi connectivity index (χ3v) is 10.1. The predicted molar refractivity (Wildman–Crippen MR) is 181 cm³/mol. The molecule has 0 radical (unpaired) electrons. The first-order valence-electron chi connectivity index (χ1n) is 14.4. The molecule has 0 aliphatic rings. The van der Waals surface area contributed by atoms with E-state index in [9.17, 15) is 18.0 Å². The van der Waals surface area contributed by atoms with Gasteiger partial charge in [0.25, 0.3) is 10.0 Å². The molecule has 0 unspecified atom stereocenters. The molecule has 45 heavy (non-hydrogen) atoms. The Kier molecular flexibility index (Phi) is 11.9. The van der Waals surface area contributed by atoms with Gasteiger partial charge in [-0.3, -0.25) is 13.9 Å². The second-order valence-electron chi connectivity index (χ2n) is 10.6. The molecule has 0 heterocycles. The minimum absolute atomic E-state index is 0.00538. The summed E-state index contributed by atoms with van der Waals surface area (Å²) in [6, 6.07) is 27.4. The number of amides is 2. The normalized spacial score (nSPS) is 12.6. The monoisotopic (exact) mass is 685 g/mol. The number of sulfonamides is 1. The number of rotatable bonds is 13. The van der Waals surface area contributed by atoms with Crippen LogP contribution in [-0.4, -0.2) is 43.8 Å². The molecule has 1 N–H and O–H groups in total. The van der Waals surface area contributed by atoms with Crippen molar-refractivity contribution in [3.8, 4) is 0 Å². The zero-order valence-electron chi connectivity index (χ0n) is 24.9. The highest BCUT2D eigenvalue weighted by Gasteiger charge is 2.35. The van der Waals surface area contributed by atoms with Crippen molar-refractivity contribution >= 4 is 62.3 Å². The van der Waals surface area contributed by atoms with Gasteiger partial charge < -0.3 is 10.2 Å². The maximum atomic E-state index is 14.5. The van der Waals surface area contributed by atoms with E-state index >= 15 is 0 Å². The van der Waals surface area contributed by atoms with Crippen molar-refractivity contribution in [3.05, 3.63) is 129 Å². The van der Waals surface area contributed by atoms with Crippen molar-refractivity contribution in [1.82, 2.24) is 10.2 Å². The zero-order chi connectivity index (χ0) is 32.6. The van der Waals surface area contributed by atoms with E-state index < -0.39 is 28.5 Å². The van der Waals surface area contributed by atoms with E-state index in [0.29, 0.717) is 17.0 Å². The summed E-state index contributed by atoms with van der Waals surface area (Å²) in [6.45, 7) is 3.23. The molecule has 0 spiro atoms. The van der Waals surface area contributed by atoms with Gasteiger partial charge in [0, 0.05) is 24.0 Å². The molecular weight excluding hydrogens is 653 g/mol. The molecule has 0 fully saturated rings. The van der Waals surface area contributed by atoms with Gasteiger partial charge in [0.15, 0.2) is 0 Å². The SMILES string of the molecule is CC[C@@H](C)NC(=O)[C@@H](Cc1ccccc1)N(Cc1cccc(Cl)c1)C(=O)CN(c1ccc(Cl)c(Cl)c1)S(=O)(=O)c1ccccc1. The highest BCUT2D eigenvalue weighted by atomic mass is 35.5. The van der Waals surface area contributed by atoms with Gasteiger partial charge in [-0.15, -0.1) is 0 Å². The Morgan fingerprint density at radius 2 is 1.44 bits per heavy atom. The van der Waals surface area contributed by atoms with E-state index in [0.717, 1.165) is 9.87 Å². The number of nitrogens with zero attached hydrogens (tertiary/aromatic N) is 2. The fraction of sp³-hybridized carbons (Fsp3) is 0.235. The van der Waals surface area contributed by atoms with Crippen LogP contribution in [0.1, 0.15) is 31.4 Å². The first-order chi connectivity index (χ1) is 21.5. The first kappa shape index (κ1) is 34.3. The van der Waals surface area contributed by atoms with Crippen LogP contribution in [0.2, 0.25) is 15.1 Å². The van der Waals surface area contributed by atoms with Crippen molar-refractivity contribution < 1.29 is 18.0 Å². The van der Waals surface area contributed by atoms with Crippen LogP contribution in [0.25, 0.3) is 0 Å². The number of carbonyl (C=O) groups excluding carboxylic acids is 2. The molecule has 0 saturated heterocycles. The summed E-state index contributed by atoms with van der Waals surface area (Å²) in [6.07, 6.45) is 0.889. The number of halogens is 3. The molecule has 4 rings (SSSR count). The van der Waals surface area contributed by atoms with Gasteiger partial charge in [-0.1, -0.05) is 102 Å². The van der Waals surface area contributed by atoms with E-state index in [1.165, 1.54) is 35.2 Å². The van der Waals surface area contributed by atoms with Crippen LogP contribution in [0, 0.1) is 0 Å². The third kappa shape index (κ3) is 9.01. The second-order valence-corrected chi connectivity index (χ2v) is 13.7. The van der Waals surface area contributed by atoms with Gasteiger partial charge in [0.05, 0.1) is 20.6 Å². The summed E-state index contributed by atoms with van der Waals surface area (Å²) >= 11 is 18.8. The molecule has 2 atom stereocenters. The Hall–Kier alpha value is -3.56. The maximum Gasteiger partial charge on any atom is 0.264 e. The average Bonchev–Trinajstić information content (AvgIpc) is 3.03. The van der Waals surface area contributed by atoms with Gasteiger partial charge in [-0.05, 0) is 66.9 Å². The lowest BCUT2D eigenvalue weighted by Gasteiger charge is -2.34. The number of benzene rings is 4. The standard InChI is InChI=1S/C34H34Cl3N3O4S/c1-3-24(2)38-34(42)32(20-25-11-6-4-7-12-25)39(22-26-13-10-14-27(35)19-26)33(41)23-40(28-17-18-30(36)31(37)21-28)45(43,44)29-15-8-5-9-16-29/h4-19,21,24,32H,3,20,22-23H2,1-2H3,(H,38,42)/t24-,32-/m1/s1. The fourth-order valence-electron chi connectivity index (χ4n) is 4.72. The van der Waals surface area contributed by atoms with Crippen molar-refractivity contribution in [2.45, 2.75) is 50.2 Å². The summed E-state index contributed by atoms with van der Waals surface area (Å²) in [4.78, 5) is 29.8. The minimum Gasteiger partial charge on any atom is -0.352 e. The Labute approximate surface area is 279 Å². The first-order valence-corrected chi connectivity index (χ1v) is 17.0. The van der Waals surface area contributed by atoms with Crippen LogP contribution in [0.4, 0.5) is 5.69 Å². The molecule has 0 bridgehead atoms. The number of hydrogen-bond acceptors (Lipinski definition) is 4. The summed E-state index contributed by atoms with van der Waals surface area (Å²) in [5, 5.41) is 3.84. The molecule has 236 valence electrons. The molecule has 0 aliphatic heterocycles. The molecule has 7 nitrogen and oxygen atoms in total. The van der Waals surface area contributed by atoms with Gasteiger partial charge in [-0.2, -0.15) is 0 Å². The van der Waals surface area contributed by atoms with E-state index in [1.54, 1.807) is 42.5 Å². The highest BCUT2D eigenvalue weighted by molar-refractivity contribution is 7.92. The summed E-state index contributed by atoms with van der Waals surface area (Å²) in [7, 11) is -4.26. The summed E-state index contributed by atoms with van der Waals surface area (Å²) in [5.74, 6) is -0.948. The molecule has 11 heteroatoms. The topological polar surface area (TPSA) is 86.8 Å². The number of hydrogen-bond donors (Lipinski definition) is 1. The number of anilines is 1. The molecule has 4 aromatic rings. The lowest BCUT2D eigenvalue weighted by molar-refractivity contribution is -0.140. The van der Waals surface area contributed by atoms with Crippen LogP contribution in [0.5, 0.6) is 0 Å². The van der Waals surface area contributed by atoms with Gasteiger partial charge in [0.1, 0.15) is 12.6 Å².